The third-order valence-corrected chi connectivity index (χ3v) is 9.80. The van der Waals surface area contributed by atoms with Crippen LogP contribution in [0, 0.1) is 5.92 Å². The van der Waals surface area contributed by atoms with E-state index in [1.807, 2.05) is 18.2 Å². The Morgan fingerprint density at radius 2 is 1.77 bits per heavy atom. The number of halogens is 2. The van der Waals surface area contributed by atoms with Gasteiger partial charge in [-0.3, -0.25) is 19.2 Å². The molecule has 1 fully saturated rings. The maximum atomic E-state index is 14.0. The van der Waals surface area contributed by atoms with Crippen LogP contribution in [-0.4, -0.2) is 34.6 Å². The molecule has 0 aliphatic carbocycles. The van der Waals surface area contributed by atoms with Crippen LogP contribution in [0.15, 0.2) is 87.1 Å². The van der Waals surface area contributed by atoms with Crippen LogP contribution in [0.5, 0.6) is 5.75 Å². The Morgan fingerprint density at radius 1 is 1.02 bits per heavy atom. The molecule has 2 unspecified atom stereocenters. The van der Waals surface area contributed by atoms with Crippen molar-refractivity contribution in [2.24, 2.45) is 5.92 Å². The van der Waals surface area contributed by atoms with Crippen molar-refractivity contribution in [3.8, 4) is 5.75 Å². The zero-order valence-corrected chi connectivity index (χ0v) is 24.4. The molecule has 0 spiro atoms. The third-order valence-electron chi connectivity index (χ3n) is 6.63. The van der Waals surface area contributed by atoms with Gasteiger partial charge in [0.2, 0.25) is 11.8 Å². The van der Waals surface area contributed by atoms with Crippen LogP contribution >= 0.6 is 50.6 Å². The Labute approximate surface area is 249 Å². The normalized spacial score (nSPS) is 19.8. The van der Waals surface area contributed by atoms with E-state index in [2.05, 4.69) is 26.2 Å². The summed E-state index contributed by atoms with van der Waals surface area (Å²) in [5.41, 5.74) is 1.61. The number of aromatic nitrogens is 1. The SMILES string of the molecule is O=C(COc1ccc(Cl)cc1[C@H]1c2sc(=O)[nH]c2SC2C(=O)N(c3ccc(Br)cc3)C(=O)C21)Nc1ccccc1. The smallest absolute Gasteiger partial charge is 0.305 e. The number of anilines is 2. The second-order valence-electron chi connectivity index (χ2n) is 9.12. The van der Waals surface area contributed by atoms with Crippen molar-refractivity contribution < 1.29 is 19.1 Å². The Morgan fingerprint density at radius 3 is 2.52 bits per heavy atom. The first-order valence-corrected chi connectivity index (χ1v) is 15.0. The van der Waals surface area contributed by atoms with Gasteiger partial charge in [0.05, 0.1) is 16.6 Å². The third kappa shape index (κ3) is 4.98. The van der Waals surface area contributed by atoms with E-state index in [0.29, 0.717) is 37.6 Å². The summed E-state index contributed by atoms with van der Waals surface area (Å²) in [7, 11) is 0. The number of imide groups is 1. The van der Waals surface area contributed by atoms with E-state index in [1.165, 1.54) is 16.7 Å². The number of para-hydroxylation sites is 1. The number of thiazole rings is 1. The molecule has 2 N–H and O–H groups in total. The van der Waals surface area contributed by atoms with Crippen LogP contribution in [0.25, 0.3) is 0 Å². The van der Waals surface area contributed by atoms with E-state index >= 15 is 0 Å². The first-order valence-electron chi connectivity index (χ1n) is 12.1. The highest BCUT2D eigenvalue weighted by atomic mass is 79.9. The average molecular weight is 657 g/mol. The molecule has 3 amide bonds. The van der Waals surface area contributed by atoms with Crippen LogP contribution in [0.4, 0.5) is 11.4 Å². The summed E-state index contributed by atoms with van der Waals surface area (Å²) in [5.74, 6) is -2.31. The summed E-state index contributed by atoms with van der Waals surface area (Å²) >= 11 is 12.0. The largest absolute Gasteiger partial charge is 0.483 e. The molecule has 0 radical (unpaired) electrons. The van der Waals surface area contributed by atoms with Crippen molar-refractivity contribution in [1.82, 2.24) is 4.98 Å². The molecule has 1 aromatic heterocycles. The fourth-order valence-electron chi connectivity index (χ4n) is 4.95. The number of nitrogens with one attached hydrogen (secondary N) is 2. The highest BCUT2D eigenvalue weighted by Crippen LogP contribution is 2.54. The predicted octanol–water partition coefficient (Wildman–Crippen LogP) is 5.67. The molecule has 8 nitrogen and oxygen atoms in total. The van der Waals surface area contributed by atoms with E-state index < -0.39 is 17.1 Å². The number of rotatable bonds is 6. The number of ether oxygens (including phenoxy) is 1. The summed E-state index contributed by atoms with van der Waals surface area (Å²) < 4.78 is 6.78. The molecule has 40 heavy (non-hydrogen) atoms. The molecule has 3 heterocycles. The summed E-state index contributed by atoms with van der Waals surface area (Å²) in [5, 5.41) is 2.92. The number of benzene rings is 3. The molecule has 12 heteroatoms. The fourth-order valence-corrected chi connectivity index (χ4v) is 7.90. The lowest BCUT2D eigenvalue weighted by atomic mass is 9.82. The van der Waals surface area contributed by atoms with Crippen molar-refractivity contribution in [3.63, 3.8) is 0 Å². The molecule has 1 saturated heterocycles. The maximum Gasteiger partial charge on any atom is 0.305 e. The minimum Gasteiger partial charge on any atom is -0.483 e. The second-order valence-corrected chi connectivity index (χ2v) is 12.6. The standard InChI is InChI=1S/C28H19BrClN3O5S2/c29-14-6-9-17(10-7-14)33-26(35)22-21(23-25(32-28(37)40-23)39-24(22)27(33)36)18-12-15(30)8-11-19(18)38-13-20(34)31-16-4-2-1-3-5-16/h1-12,21-22,24H,13H2,(H,31,34)(H,32,37)/t21-,22?,24?/m1/s1. The van der Waals surface area contributed by atoms with E-state index in [-0.39, 0.29) is 29.2 Å². The monoisotopic (exact) mass is 655 g/mol. The summed E-state index contributed by atoms with van der Waals surface area (Å²) in [6, 6.07) is 20.8. The second kappa shape index (κ2) is 10.9. The lowest BCUT2D eigenvalue weighted by Crippen LogP contribution is -2.32. The summed E-state index contributed by atoms with van der Waals surface area (Å²) in [6.07, 6.45) is 0. The van der Waals surface area contributed by atoms with Crippen molar-refractivity contribution >= 4 is 79.7 Å². The molecule has 0 bridgehead atoms. The zero-order valence-electron chi connectivity index (χ0n) is 20.4. The van der Waals surface area contributed by atoms with Gasteiger partial charge in [-0.25, -0.2) is 4.90 Å². The molecule has 2 aliphatic heterocycles. The first kappa shape index (κ1) is 26.8. The number of fused-ring (bicyclic) bond motifs is 2. The lowest BCUT2D eigenvalue weighted by Gasteiger charge is -2.31. The van der Waals surface area contributed by atoms with Gasteiger partial charge < -0.3 is 15.0 Å². The minimum atomic E-state index is -0.820. The molecule has 4 aromatic rings. The molecule has 6 rings (SSSR count). The Balaban J connectivity index is 1.37. The number of H-pyrrole nitrogens is 1. The van der Waals surface area contributed by atoms with Crippen LogP contribution < -0.4 is 19.8 Å². The Kier molecular flexibility index (Phi) is 7.30. The number of hydrogen-bond donors (Lipinski definition) is 2. The molecule has 202 valence electrons. The van der Waals surface area contributed by atoms with Crippen LogP contribution in [0.2, 0.25) is 5.02 Å². The highest BCUT2D eigenvalue weighted by Gasteiger charge is 2.56. The highest BCUT2D eigenvalue weighted by molar-refractivity contribution is 9.10. The number of hydrogen-bond acceptors (Lipinski definition) is 7. The van der Waals surface area contributed by atoms with Crippen molar-refractivity contribution in [1.29, 1.82) is 0 Å². The van der Waals surface area contributed by atoms with Crippen LogP contribution in [-0.2, 0) is 14.4 Å². The van der Waals surface area contributed by atoms with Gasteiger partial charge in [-0.2, -0.15) is 0 Å². The number of carbonyl (C=O) groups is 3. The number of aromatic amines is 1. The van der Waals surface area contributed by atoms with Gasteiger partial charge in [-0.15, -0.1) is 0 Å². The van der Waals surface area contributed by atoms with E-state index in [9.17, 15) is 19.2 Å². The lowest BCUT2D eigenvalue weighted by molar-refractivity contribution is -0.122. The number of amides is 3. The van der Waals surface area contributed by atoms with Crippen molar-refractivity contribution in [3.05, 3.63) is 102 Å². The molecular formula is C28H19BrClN3O5S2. The van der Waals surface area contributed by atoms with Crippen molar-refractivity contribution in [2.75, 3.05) is 16.8 Å². The van der Waals surface area contributed by atoms with Gasteiger partial charge in [-0.1, -0.05) is 68.8 Å². The fraction of sp³-hybridized carbons (Fsp3) is 0.143. The molecule has 3 atom stereocenters. The quantitative estimate of drug-likeness (QED) is 0.259. The average Bonchev–Trinajstić information content (AvgIpc) is 3.43. The Hall–Kier alpha value is -3.38. The maximum absolute atomic E-state index is 14.0. The topological polar surface area (TPSA) is 109 Å². The minimum absolute atomic E-state index is 0.293. The Bertz CT molecular complexity index is 1690. The van der Waals surface area contributed by atoms with Gasteiger partial charge in [0.25, 0.3) is 5.91 Å². The van der Waals surface area contributed by atoms with E-state index in [0.717, 1.165) is 15.8 Å². The molecule has 2 aliphatic rings. The number of carbonyl (C=O) groups excluding carboxylic acids is 3. The molecule has 3 aromatic carbocycles. The van der Waals surface area contributed by atoms with Crippen LogP contribution in [0.1, 0.15) is 16.4 Å². The van der Waals surface area contributed by atoms with Gasteiger partial charge in [0, 0.05) is 31.5 Å². The van der Waals surface area contributed by atoms with Crippen molar-refractivity contribution in [2.45, 2.75) is 16.2 Å². The van der Waals surface area contributed by atoms with Gasteiger partial charge >= 0.3 is 4.87 Å². The summed E-state index contributed by atoms with van der Waals surface area (Å²) in [6.45, 7) is -0.298. The zero-order chi connectivity index (χ0) is 28.0. The number of thioether (sulfide) groups is 1. The van der Waals surface area contributed by atoms with Gasteiger partial charge in [0.15, 0.2) is 6.61 Å². The van der Waals surface area contributed by atoms with E-state index in [1.54, 1.807) is 54.6 Å². The van der Waals surface area contributed by atoms with Gasteiger partial charge in [0.1, 0.15) is 11.0 Å². The number of nitrogens with zero attached hydrogens (tertiary/aromatic N) is 1. The molecular weight excluding hydrogens is 638 g/mol. The summed E-state index contributed by atoms with van der Waals surface area (Å²) in [4.78, 5) is 57.0. The van der Waals surface area contributed by atoms with E-state index in [4.69, 9.17) is 16.3 Å². The van der Waals surface area contributed by atoms with Crippen LogP contribution in [0.3, 0.4) is 0 Å². The van der Waals surface area contributed by atoms with Gasteiger partial charge in [-0.05, 0) is 54.6 Å². The predicted molar refractivity (Wildman–Crippen MR) is 159 cm³/mol. The first-order chi connectivity index (χ1) is 19.3. The molecule has 0 saturated carbocycles.